The van der Waals surface area contributed by atoms with E-state index in [-0.39, 0.29) is 6.03 Å². The number of hydrogen-bond donors (Lipinski definition) is 2. The fourth-order valence-corrected chi connectivity index (χ4v) is 1.52. The van der Waals surface area contributed by atoms with Crippen molar-refractivity contribution >= 4 is 34.9 Å². The Morgan fingerprint density at radius 2 is 2.12 bits per heavy atom. The van der Waals surface area contributed by atoms with Gasteiger partial charge in [0.25, 0.3) is 0 Å². The molecule has 0 fully saturated rings. The number of halogens is 2. The number of carbonyl (C=O) groups excluding carboxylic acids is 1. The van der Waals surface area contributed by atoms with Crippen molar-refractivity contribution in [2.45, 2.75) is 6.42 Å². The van der Waals surface area contributed by atoms with Crippen molar-refractivity contribution in [2.75, 3.05) is 25.5 Å². The molecule has 94 valence electrons. The molecule has 1 rings (SSSR count). The highest BCUT2D eigenvalue weighted by atomic mass is 35.5. The zero-order chi connectivity index (χ0) is 12.8. The number of benzene rings is 1. The van der Waals surface area contributed by atoms with Crippen LogP contribution in [0.3, 0.4) is 0 Å². The lowest BCUT2D eigenvalue weighted by atomic mass is 10.3. The van der Waals surface area contributed by atoms with Crippen LogP contribution in [-0.4, -0.2) is 31.1 Å². The molecule has 1 aromatic rings. The average Bonchev–Trinajstić information content (AvgIpc) is 2.30. The van der Waals surface area contributed by atoms with Crippen LogP contribution in [0.25, 0.3) is 0 Å². The Balaban J connectivity index is 2.58. The van der Waals surface area contributed by atoms with Crippen molar-refractivity contribution in [2.24, 2.45) is 5.73 Å². The lowest BCUT2D eigenvalue weighted by Crippen LogP contribution is -2.32. The molecular formula is C11H15Cl2N3O. The molecule has 0 bridgehead atoms. The second-order valence-corrected chi connectivity index (χ2v) is 4.44. The fourth-order valence-electron chi connectivity index (χ4n) is 1.22. The van der Waals surface area contributed by atoms with Gasteiger partial charge >= 0.3 is 6.03 Å². The third kappa shape index (κ3) is 4.42. The maximum atomic E-state index is 11.7. The number of carbonyl (C=O) groups is 1. The Kier molecular flexibility index (Phi) is 5.55. The molecule has 0 atom stereocenters. The molecule has 0 saturated heterocycles. The summed E-state index contributed by atoms with van der Waals surface area (Å²) in [4.78, 5) is 13.3. The summed E-state index contributed by atoms with van der Waals surface area (Å²) in [7, 11) is 1.71. The molecular weight excluding hydrogens is 261 g/mol. The Morgan fingerprint density at radius 3 is 2.71 bits per heavy atom. The van der Waals surface area contributed by atoms with E-state index in [1.165, 1.54) is 0 Å². The number of nitrogens with one attached hydrogen (secondary N) is 1. The van der Waals surface area contributed by atoms with Crippen LogP contribution in [0.5, 0.6) is 0 Å². The summed E-state index contributed by atoms with van der Waals surface area (Å²) in [5, 5.41) is 3.59. The molecule has 1 aromatic carbocycles. The topological polar surface area (TPSA) is 58.4 Å². The summed E-state index contributed by atoms with van der Waals surface area (Å²) in [6.45, 7) is 1.17. The van der Waals surface area contributed by atoms with Crippen LogP contribution in [0.4, 0.5) is 10.5 Å². The van der Waals surface area contributed by atoms with Crippen LogP contribution in [0.1, 0.15) is 6.42 Å². The molecule has 0 radical (unpaired) electrons. The van der Waals surface area contributed by atoms with Crippen LogP contribution in [0.15, 0.2) is 18.2 Å². The molecule has 3 N–H and O–H groups in total. The van der Waals surface area contributed by atoms with Gasteiger partial charge in [0.1, 0.15) is 0 Å². The van der Waals surface area contributed by atoms with Gasteiger partial charge in [-0.05, 0) is 31.2 Å². The average molecular weight is 276 g/mol. The summed E-state index contributed by atoms with van der Waals surface area (Å²) in [6, 6.07) is 4.75. The molecule has 2 amide bonds. The molecule has 0 aliphatic carbocycles. The monoisotopic (exact) mass is 275 g/mol. The van der Waals surface area contributed by atoms with Gasteiger partial charge in [-0.1, -0.05) is 23.2 Å². The van der Waals surface area contributed by atoms with Crippen molar-refractivity contribution in [3.8, 4) is 0 Å². The van der Waals surface area contributed by atoms with E-state index < -0.39 is 0 Å². The standard InChI is InChI=1S/C11H15Cl2N3O/c1-16(6-2-5-14)11(17)15-8-3-4-9(12)10(13)7-8/h3-4,7H,2,5-6,14H2,1H3,(H,15,17). The lowest BCUT2D eigenvalue weighted by Gasteiger charge is -2.17. The third-order valence-corrected chi connectivity index (χ3v) is 2.95. The van der Waals surface area contributed by atoms with Gasteiger partial charge in [-0.2, -0.15) is 0 Å². The van der Waals surface area contributed by atoms with E-state index in [4.69, 9.17) is 28.9 Å². The Labute approximate surface area is 111 Å². The van der Waals surface area contributed by atoms with Crippen molar-refractivity contribution < 1.29 is 4.79 Å². The maximum absolute atomic E-state index is 11.7. The Bertz CT molecular complexity index is 398. The number of hydrogen-bond acceptors (Lipinski definition) is 2. The first-order chi connectivity index (χ1) is 8.04. The smallest absolute Gasteiger partial charge is 0.321 e. The van der Waals surface area contributed by atoms with E-state index in [1.54, 1.807) is 30.1 Å². The van der Waals surface area contributed by atoms with E-state index >= 15 is 0 Å². The first-order valence-electron chi connectivity index (χ1n) is 5.22. The number of urea groups is 1. The number of anilines is 1. The molecule has 17 heavy (non-hydrogen) atoms. The van der Waals surface area contributed by atoms with Crippen LogP contribution < -0.4 is 11.1 Å². The number of amides is 2. The molecule has 0 aliphatic heterocycles. The van der Waals surface area contributed by atoms with Crippen LogP contribution in [-0.2, 0) is 0 Å². The minimum Gasteiger partial charge on any atom is -0.330 e. The van der Waals surface area contributed by atoms with Crippen LogP contribution in [0.2, 0.25) is 10.0 Å². The van der Waals surface area contributed by atoms with E-state index in [2.05, 4.69) is 5.32 Å². The quantitative estimate of drug-likeness (QED) is 0.888. The highest BCUT2D eigenvalue weighted by Gasteiger charge is 2.08. The second-order valence-electron chi connectivity index (χ2n) is 3.62. The molecule has 6 heteroatoms. The zero-order valence-corrected chi connectivity index (χ0v) is 11.1. The van der Waals surface area contributed by atoms with Gasteiger partial charge in [-0.15, -0.1) is 0 Å². The maximum Gasteiger partial charge on any atom is 0.321 e. The van der Waals surface area contributed by atoms with Gasteiger partial charge in [0.15, 0.2) is 0 Å². The predicted molar refractivity (Wildman–Crippen MR) is 71.8 cm³/mol. The first kappa shape index (κ1) is 14.1. The minimum absolute atomic E-state index is 0.197. The summed E-state index contributed by atoms with van der Waals surface area (Å²) in [5.74, 6) is 0. The zero-order valence-electron chi connectivity index (χ0n) is 9.54. The summed E-state index contributed by atoms with van der Waals surface area (Å²) < 4.78 is 0. The van der Waals surface area contributed by atoms with Gasteiger partial charge in [-0.25, -0.2) is 4.79 Å². The Hall–Kier alpha value is -0.970. The summed E-state index contributed by atoms with van der Waals surface area (Å²) in [6.07, 6.45) is 0.769. The molecule has 0 aliphatic rings. The minimum atomic E-state index is -0.197. The van der Waals surface area contributed by atoms with Crippen LogP contribution >= 0.6 is 23.2 Å². The summed E-state index contributed by atoms with van der Waals surface area (Å²) in [5.41, 5.74) is 5.99. The Morgan fingerprint density at radius 1 is 1.41 bits per heavy atom. The van der Waals surface area contributed by atoms with Gasteiger partial charge in [0.2, 0.25) is 0 Å². The second kappa shape index (κ2) is 6.69. The van der Waals surface area contributed by atoms with Gasteiger partial charge in [-0.3, -0.25) is 0 Å². The predicted octanol–water partition coefficient (Wildman–Crippen LogP) is 2.81. The van der Waals surface area contributed by atoms with Crippen LogP contribution in [0, 0.1) is 0 Å². The van der Waals surface area contributed by atoms with Crippen molar-refractivity contribution in [1.82, 2.24) is 4.90 Å². The first-order valence-corrected chi connectivity index (χ1v) is 5.97. The van der Waals surface area contributed by atoms with E-state index in [1.807, 2.05) is 0 Å². The molecule has 0 spiro atoms. The molecule has 0 heterocycles. The molecule has 0 unspecified atom stereocenters. The van der Waals surface area contributed by atoms with Crippen molar-refractivity contribution in [1.29, 1.82) is 0 Å². The molecule has 4 nitrogen and oxygen atoms in total. The highest BCUT2D eigenvalue weighted by molar-refractivity contribution is 6.42. The van der Waals surface area contributed by atoms with Crippen molar-refractivity contribution in [3.63, 3.8) is 0 Å². The van der Waals surface area contributed by atoms with E-state index in [9.17, 15) is 4.79 Å². The van der Waals surface area contributed by atoms with Crippen molar-refractivity contribution in [3.05, 3.63) is 28.2 Å². The fraction of sp³-hybridized carbons (Fsp3) is 0.364. The lowest BCUT2D eigenvalue weighted by molar-refractivity contribution is 0.222. The SMILES string of the molecule is CN(CCCN)C(=O)Nc1ccc(Cl)c(Cl)c1. The number of rotatable bonds is 4. The molecule has 0 saturated carbocycles. The van der Waals surface area contributed by atoms with Gasteiger partial charge in [0.05, 0.1) is 10.0 Å². The highest BCUT2D eigenvalue weighted by Crippen LogP contribution is 2.25. The van der Waals surface area contributed by atoms with E-state index in [0.29, 0.717) is 28.8 Å². The van der Waals surface area contributed by atoms with Gasteiger partial charge < -0.3 is 16.0 Å². The summed E-state index contributed by atoms with van der Waals surface area (Å²) >= 11 is 11.6. The van der Waals surface area contributed by atoms with Gasteiger partial charge in [0, 0.05) is 19.3 Å². The normalized spacial score (nSPS) is 10.1. The number of nitrogens with two attached hydrogens (primary N) is 1. The third-order valence-electron chi connectivity index (χ3n) is 2.22. The molecule has 0 aromatic heterocycles. The largest absolute Gasteiger partial charge is 0.330 e. The van der Waals surface area contributed by atoms with E-state index in [0.717, 1.165) is 6.42 Å². The number of nitrogens with zero attached hydrogens (tertiary/aromatic N) is 1.